The zero-order valence-corrected chi connectivity index (χ0v) is 9.09. The summed E-state index contributed by atoms with van der Waals surface area (Å²) in [5.41, 5.74) is 1.05. The highest BCUT2D eigenvalue weighted by atomic mass is 16.5. The Balaban J connectivity index is 3.71. The van der Waals surface area contributed by atoms with Crippen molar-refractivity contribution < 1.29 is 9.53 Å². The summed E-state index contributed by atoms with van der Waals surface area (Å²) in [6.45, 7) is 11.6. The predicted octanol–water partition coefficient (Wildman–Crippen LogP) is 2.93. The van der Waals surface area contributed by atoms with E-state index in [1.807, 2.05) is 27.7 Å². The van der Waals surface area contributed by atoms with Crippen LogP contribution in [0.15, 0.2) is 12.2 Å². The van der Waals surface area contributed by atoms with Crippen LogP contribution in [0.1, 0.15) is 40.5 Å². The second-order valence-electron chi connectivity index (χ2n) is 4.06. The van der Waals surface area contributed by atoms with Gasteiger partial charge in [0.1, 0.15) is 6.10 Å². The topological polar surface area (TPSA) is 26.3 Å². The van der Waals surface area contributed by atoms with Crippen LogP contribution in [0.3, 0.4) is 0 Å². The Labute approximate surface area is 81.0 Å². The van der Waals surface area contributed by atoms with E-state index in [9.17, 15) is 4.79 Å². The van der Waals surface area contributed by atoms with E-state index in [2.05, 4.69) is 6.58 Å². The van der Waals surface area contributed by atoms with E-state index < -0.39 is 0 Å². The molecule has 0 spiro atoms. The lowest BCUT2D eigenvalue weighted by Crippen LogP contribution is -2.16. The molecule has 1 atom stereocenters. The third-order valence-corrected chi connectivity index (χ3v) is 1.54. The van der Waals surface area contributed by atoms with Crippen molar-refractivity contribution in [1.29, 1.82) is 0 Å². The van der Waals surface area contributed by atoms with Gasteiger partial charge in [0.2, 0.25) is 0 Å². The van der Waals surface area contributed by atoms with Gasteiger partial charge >= 0.3 is 5.97 Å². The minimum Gasteiger partial charge on any atom is -0.462 e. The van der Waals surface area contributed by atoms with E-state index in [0.717, 1.165) is 12.0 Å². The molecule has 0 amide bonds. The third kappa shape index (κ3) is 7.57. The predicted molar refractivity (Wildman–Crippen MR) is 54.4 cm³/mol. The van der Waals surface area contributed by atoms with Crippen molar-refractivity contribution in [1.82, 2.24) is 0 Å². The first kappa shape index (κ1) is 12.2. The maximum Gasteiger partial charge on any atom is 0.306 e. The van der Waals surface area contributed by atoms with Gasteiger partial charge < -0.3 is 4.74 Å². The molecular formula is C11H20O2. The lowest BCUT2D eigenvalue weighted by molar-refractivity contribution is -0.148. The highest BCUT2D eigenvalue weighted by molar-refractivity contribution is 5.69. The van der Waals surface area contributed by atoms with Crippen molar-refractivity contribution in [3.63, 3.8) is 0 Å². The van der Waals surface area contributed by atoms with Gasteiger partial charge in [0.05, 0.1) is 0 Å². The molecule has 0 rings (SSSR count). The average molecular weight is 184 g/mol. The molecule has 0 aliphatic carbocycles. The van der Waals surface area contributed by atoms with Crippen LogP contribution in [0.2, 0.25) is 0 Å². The highest BCUT2D eigenvalue weighted by Gasteiger charge is 2.10. The number of hydrogen-bond acceptors (Lipinski definition) is 2. The zero-order chi connectivity index (χ0) is 10.4. The summed E-state index contributed by atoms with van der Waals surface area (Å²) in [5, 5.41) is 0. The van der Waals surface area contributed by atoms with Crippen molar-refractivity contribution >= 4 is 5.97 Å². The minimum absolute atomic E-state index is 0.0382. The van der Waals surface area contributed by atoms with Gasteiger partial charge in [0, 0.05) is 12.8 Å². The number of ether oxygens (including phenoxy) is 1. The van der Waals surface area contributed by atoms with Crippen LogP contribution in [-0.4, -0.2) is 12.1 Å². The summed E-state index contributed by atoms with van der Waals surface area (Å²) in [6, 6.07) is 0. The molecule has 0 saturated heterocycles. The molecular weight excluding hydrogens is 164 g/mol. The molecule has 76 valence electrons. The van der Waals surface area contributed by atoms with Crippen molar-refractivity contribution in [2.45, 2.75) is 46.6 Å². The Morgan fingerprint density at radius 3 is 2.23 bits per heavy atom. The highest BCUT2D eigenvalue weighted by Crippen LogP contribution is 2.08. The average Bonchev–Trinajstić information content (AvgIpc) is 1.80. The van der Waals surface area contributed by atoms with Crippen molar-refractivity contribution in [3.05, 3.63) is 12.2 Å². The van der Waals surface area contributed by atoms with Crippen LogP contribution in [0.5, 0.6) is 0 Å². The van der Waals surface area contributed by atoms with Gasteiger partial charge in [-0.15, -0.1) is 6.58 Å². The zero-order valence-electron chi connectivity index (χ0n) is 9.09. The quantitative estimate of drug-likeness (QED) is 0.485. The summed E-state index contributed by atoms with van der Waals surface area (Å²) in [7, 11) is 0. The van der Waals surface area contributed by atoms with Crippen LogP contribution in [-0.2, 0) is 9.53 Å². The summed E-state index contributed by atoms with van der Waals surface area (Å²) in [4.78, 5) is 11.2. The molecule has 0 aliphatic rings. The number of carbonyl (C=O) groups is 1. The minimum atomic E-state index is -0.108. The molecule has 0 radical (unpaired) electrons. The van der Waals surface area contributed by atoms with E-state index in [1.54, 1.807) is 0 Å². The first-order valence-corrected chi connectivity index (χ1v) is 4.75. The first-order chi connectivity index (χ1) is 5.91. The fraction of sp³-hybridized carbons (Fsp3) is 0.727. The number of rotatable bonds is 5. The Bertz CT molecular complexity index is 183. The molecule has 0 N–H and O–H groups in total. The standard InChI is InChI=1S/C11H20O2/c1-8(2)6-10(5)13-11(12)7-9(3)4/h9-10H,1,6-7H2,2-5H3. The van der Waals surface area contributed by atoms with Gasteiger partial charge in [-0.2, -0.15) is 0 Å². The van der Waals surface area contributed by atoms with Crippen molar-refractivity contribution in [3.8, 4) is 0 Å². The molecule has 0 aromatic carbocycles. The SMILES string of the molecule is C=C(C)CC(C)OC(=O)CC(C)C. The van der Waals surface area contributed by atoms with Gasteiger partial charge in [-0.25, -0.2) is 0 Å². The molecule has 0 aromatic rings. The monoisotopic (exact) mass is 184 g/mol. The van der Waals surface area contributed by atoms with Gasteiger partial charge in [-0.1, -0.05) is 19.4 Å². The third-order valence-electron chi connectivity index (χ3n) is 1.54. The summed E-state index contributed by atoms with van der Waals surface area (Å²) >= 11 is 0. The molecule has 0 bridgehead atoms. The summed E-state index contributed by atoms with van der Waals surface area (Å²) < 4.78 is 5.17. The molecule has 0 aromatic heterocycles. The number of carbonyl (C=O) groups excluding carboxylic acids is 1. The maximum atomic E-state index is 11.2. The maximum absolute atomic E-state index is 11.2. The van der Waals surface area contributed by atoms with E-state index in [0.29, 0.717) is 12.3 Å². The van der Waals surface area contributed by atoms with Gasteiger partial charge in [-0.3, -0.25) is 4.79 Å². The van der Waals surface area contributed by atoms with Crippen molar-refractivity contribution in [2.75, 3.05) is 0 Å². The number of hydrogen-bond donors (Lipinski definition) is 0. The van der Waals surface area contributed by atoms with Crippen molar-refractivity contribution in [2.24, 2.45) is 5.92 Å². The second kappa shape index (κ2) is 5.79. The molecule has 2 nitrogen and oxygen atoms in total. The molecule has 0 aliphatic heterocycles. The second-order valence-corrected chi connectivity index (χ2v) is 4.06. The Morgan fingerprint density at radius 2 is 1.85 bits per heavy atom. The fourth-order valence-electron chi connectivity index (χ4n) is 1.14. The molecule has 1 unspecified atom stereocenters. The number of esters is 1. The lowest BCUT2D eigenvalue weighted by atomic mass is 10.1. The Hall–Kier alpha value is -0.790. The van der Waals surface area contributed by atoms with Crippen LogP contribution >= 0.6 is 0 Å². The summed E-state index contributed by atoms with van der Waals surface area (Å²) in [5.74, 6) is 0.258. The largest absolute Gasteiger partial charge is 0.462 e. The van der Waals surface area contributed by atoms with E-state index >= 15 is 0 Å². The van der Waals surface area contributed by atoms with Gasteiger partial charge in [-0.05, 0) is 19.8 Å². The van der Waals surface area contributed by atoms with Crippen LogP contribution in [0.4, 0.5) is 0 Å². The van der Waals surface area contributed by atoms with Gasteiger partial charge in [0.15, 0.2) is 0 Å². The van der Waals surface area contributed by atoms with E-state index in [-0.39, 0.29) is 12.1 Å². The smallest absolute Gasteiger partial charge is 0.306 e. The van der Waals surface area contributed by atoms with Crippen LogP contribution < -0.4 is 0 Å². The fourth-order valence-corrected chi connectivity index (χ4v) is 1.14. The van der Waals surface area contributed by atoms with Crippen LogP contribution in [0.25, 0.3) is 0 Å². The van der Waals surface area contributed by atoms with Gasteiger partial charge in [0.25, 0.3) is 0 Å². The Kier molecular flexibility index (Phi) is 5.44. The lowest BCUT2D eigenvalue weighted by Gasteiger charge is -2.13. The molecule has 0 heterocycles. The molecule has 0 saturated carbocycles. The first-order valence-electron chi connectivity index (χ1n) is 4.75. The molecule has 13 heavy (non-hydrogen) atoms. The van der Waals surface area contributed by atoms with Crippen LogP contribution in [0, 0.1) is 5.92 Å². The summed E-state index contributed by atoms with van der Waals surface area (Å²) in [6.07, 6.45) is 1.22. The van der Waals surface area contributed by atoms with E-state index in [1.165, 1.54) is 0 Å². The van der Waals surface area contributed by atoms with E-state index in [4.69, 9.17) is 4.74 Å². The molecule has 2 heteroatoms. The normalized spacial score (nSPS) is 12.7. The molecule has 0 fully saturated rings. The Morgan fingerprint density at radius 1 is 1.31 bits per heavy atom.